The Labute approximate surface area is 229 Å². The van der Waals surface area contributed by atoms with Gasteiger partial charge in [-0.1, -0.05) is 0 Å². The van der Waals surface area contributed by atoms with Crippen molar-refractivity contribution in [3.05, 3.63) is 121 Å². The van der Waals surface area contributed by atoms with Gasteiger partial charge in [0.15, 0.2) is 0 Å². The molecule has 4 aromatic rings. The van der Waals surface area contributed by atoms with Gasteiger partial charge in [0.2, 0.25) is 0 Å². The second-order valence-electron chi connectivity index (χ2n) is 16.6. The van der Waals surface area contributed by atoms with Crippen LogP contribution in [0.1, 0.15) is 6.92 Å². The second-order valence-corrected chi connectivity index (χ2v) is 44.7. The van der Waals surface area contributed by atoms with E-state index in [9.17, 15) is 0 Å². The van der Waals surface area contributed by atoms with Crippen molar-refractivity contribution < 1.29 is 6.51 Å². The van der Waals surface area contributed by atoms with Crippen molar-refractivity contribution in [1.29, 1.82) is 0 Å². The van der Waals surface area contributed by atoms with Crippen LogP contribution in [0.4, 0.5) is 0 Å². The fourth-order valence-corrected chi connectivity index (χ4v) is 116. The van der Waals surface area contributed by atoms with Gasteiger partial charge in [-0.15, -0.1) is 0 Å². The molecule has 0 saturated carbocycles. The van der Waals surface area contributed by atoms with Crippen molar-refractivity contribution in [1.82, 2.24) is 5.09 Å². The molecular weight excluding hydrogens is 564 g/mol. The van der Waals surface area contributed by atoms with Crippen molar-refractivity contribution in [3.8, 4) is 0 Å². The molecule has 4 heteroatoms. The first-order valence-corrected chi connectivity index (χ1v) is 24.2. The van der Waals surface area contributed by atoms with Gasteiger partial charge in [-0.05, 0) is 0 Å². The molecule has 14 rings (SSSR count). The third-order valence-electron chi connectivity index (χ3n) is 20.2. The van der Waals surface area contributed by atoms with E-state index in [4.69, 9.17) is 0 Å². The number of hydrogen-bond donors (Lipinski definition) is 1. The van der Waals surface area contributed by atoms with E-state index in [0.29, 0.717) is 10.4 Å². The van der Waals surface area contributed by atoms with Gasteiger partial charge in [-0.3, -0.25) is 0 Å². The summed E-state index contributed by atoms with van der Waals surface area (Å²) in [6.45, 7) is -1.07. The van der Waals surface area contributed by atoms with Crippen LogP contribution in [0.3, 0.4) is 0 Å². The first-order valence-electron chi connectivity index (χ1n) is 15.3. The predicted octanol–water partition coefficient (Wildman–Crippen LogP) is 7.81. The van der Waals surface area contributed by atoms with Crippen LogP contribution in [0.25, 0.3) is 0 Å². The summed E-state index contributed by atoms with van der Waals surface area (Å²) in [5, 5.41) is 11.0. The molecule has 10 fully saturated rings. The average molecular weight is 597 g/mol. The van der Waals surface area contributed by atoms with Crippen molar-refractivity contribution >= 4 is 37.2 Å². The van der Waals surface area contributed by atoms with Crippen molar-refractivity contribution in [2.75, 3.05) is 0 Å². The summed E-state index contributed by atoms with van der Waals surface area (Å²) in [7, 11) is -0.892. The van der Waals surface area contributed by atoms with Gasteiger partial charge in [0.05, 0.1) is 0 Å². The Balaban J connectivity index is 1.02. The molecule has 40 heavy (non-hydrogen) atoms. The Kier molecular flexibility index (Phi) is 1.68. The van der Waals surface area contributed by atoms with E-state index in [-0.39, 0.29) is 7.92 Å². The number of nitrogens with one attached hydrogen (secondary N) is 1. The van der Waals surface area contributed by atoms with Crippen molar-refractivity contribution in [2.45, 2.75) is 59.9 Å². The summed E-state index contributed by atoms with van der Waals surface area (Å²) < 4.78 is 1.43. The van der Waals surface area contributed by atoms with Crippen LogP contribution in [0.2, 0.25) is 42.8 Å². The first-order chi connectivity index (χ1) is 19.5. The monoisotopic (exact) mass is 597 g/mol. The minimum atomic E-state index is -3.78. The normalized spacial score (nSPS) is 60.1. The Morgan fingerprint density at radius 3 is 1.32 bits per heavy atom. The fourth-order valence-electron chi connectivity index (χ4n) is 21.9. The number of benzene rings is 4. The van der Waals surface area contributed by atoms with Gasteiger partial charge in [0, 0.05) is 0 Å². The van der Waals surface area contributed by atoms with E-state index in [1.807, 2.05) is 0 Å². The molecule has 0 amide bonds. The molecule has 10 aliphatic rings. The molecule has 1 nitrogen and oxygen atoms in total. The molecular formula is C36H33FeNP2. The Bertz CT molecular complexity index is 2110. The zero-order valence-corrected chi connectivity index (χ0v) is 25.4. The van der Waals surface area contributed by atoms with E-state index in [1.54, 1.807) is 10.6 Å². The van der Waals surface area contributed by atoms with Crippen LogP contribution in [-0.4, -0.2) is 10.1 Å². The Morgan fingerprint density at radius 1 is 0.550 bits per heavy atom. The maximum atomic E-state index is 4.56. The molecule has 10 heterocycles. The van der Waals surface area contributed by atoms with Gasteiger partial charge in [0.1, 0.15) is 0 Å². The van der Waals surface area contributed by atoms with E-state index >= 15 is 0 Å². The second kappa shape index (κ2) is 3.32. The average Bonchev–Trinajstić information content (AvgIpc) is 3.97. The maximum absolute atomic E-state index is 4.56. The summed E-state index contributed by atoms with van der Waals surface area (Å²) in [4.78, 5) is 10.2. The molecule has 200 valence electrons. The third-order valence-corrected chi connectivity index (χ3v) is 72.7. The van der Waals surface area contributed by atoms with Crippen LogP contribution in [0, 0.1) is 0 Å². The summed E-state index contributed by atoms with van der Waals surface area (Å²) in [6.07, 6.45) is 0. The topological polar surface area (TPSA) is 12.0 Å². The van der Waals surface area contributed by atoms with E-state index < -0.39 is 14.6 Å². The van der Waals surface area contributed by atoms with Gasteiger partial charge < -0.3 is 0 Å². The molecule has 10 aliphatic heterocycles. The number of rotatable bonds is 8. The molecule has 4 aromatic carbocycles. The van der Waals surface area contributed by atoms with Gasteiger partial charge in [0.25, 0.3) is 0 Å². The van der Waals surface area contributed by atoms with Gasteiger partial charge in [-0.2, -0.15) is 0 Å². The van der Waals surface area contributed by atoms with Crippen molar-refractivity contribution in [3.63, 3.8) is 0 Å². The molecule has 4 unspecified atom stereocenters. The quantitative estimate of drug-likeness (QED) is 0.161. The third kappa shape index (κ3) is 0.537. The van der Waals surface area contributed by atoms with E-state index in [2.05, 4.69) is 133 Å². The van der Waals surface area contributed by atoms with Crippen LogP contribution in [-0.2, 0) is 6.51 Å². The van der Waals surface area contributed by atoms with E-state index in [1.165, 1.54) is 49.1 Å². The molecule has 0 bridgehead atoms. The zero-order chi connectivity index (χ0) is 25.8. The Hall–Kier alpha value is -1.78. The molecule has 0 aromatic heterocycles. The van der Waals surface area contributed by atoms with E-state index in [0.717, 1.165) is 4.05 Å². The predicted molar refractivity (Wildman–Crippen MR) is 166 cm³/mol. The molecule has 10 saturated heterocycles. The minimum absolute atomic E-state index is 0.316. The van der Waals surface area contributed by atoms with Crippen LogP contribution >= 0.6 is 16.0 Å². The van der Waals surface area contributed by atoms with Crippen LogP contribution in [0.15, 0.2) is 121 Å². The molecule has 0 radical (unpaired) electrons. The summed E-state index contributed by atoms with van der Waals surface area (Å²) in [6, 6.07) is 47.5. The molecule has 1 spiro atoms. The number of hydrogen-bond acceptors (Lipinski definition) is 1. The van der Waals surface area contributed by atoms with Crippen molar-refractivity contribution in [2.24, 2.45) is 0 Å². The van der Waals surface area contributed by atoms with Gasteiger partial charge >= 0.3 is 230 Å². The van der Waals surface area contributed by atoms with Crippen LogP contribution in [0.5, 0.6) is 0 Å². The number of fused-ring (bicyclic) bond motifs is 10. The fraction of sp³-hybridized carbons (Fsp3) is 0.333. The SMILES string of the molecule is C[C@@H](NP(c1ccccc1)c1ccccc1)[C@@]12[CH]3[CH]4[CH]5[C]1(P(c1ccccc1)c1ccccc1)[Fe]45321678[CH]2[CH]1[CH]6[CH]7[CH]28. The zero-order valence-electron chi connectivity index (χ0n) is 22.5. The standard InChI is InChI=1S/C31H28NP2.C5H5.Fe/c1-25(32-34(28-19-10-4-11-20-28)29-21-12-5-13-22-29)30-23-14-24-31(30)33(26-15-6-2-7-16-26)27-17-8-3-9-18-27;1-2-4-5-3-1;/h2-25,32H,1H3;1-5H;/t25-;;/m1../s1. The van der Waals surface area contributed by atoms with Gasteiger partial charge in [-0.25, -0.2) is 0 Å². The molecule has 6 atom stereocenters. The first kappa shape index (κ1) is 20.2. The summed E-state index contributed by atoms with van der Waals surface area (Å²) in [5.74, 6) is 0. The molecule has 1 N–H and O–H groups in total. The Morgan fingerprint density at radius 2 is 0.950 bits per heavy atom. The summed E-state index contributed by atoms with van der Waals surface area (Å²) in [5.41, 5.74) is 0. The molecule has 0 aliphatic carbocycles. The van der Waals surface area contributed by atoms with Crippen LogP contribution < -0.4 is 26.3 Å². The summed E-state index contributed by atoms with van der Waals surface area (Å²) >= 11 is 0.